The van der Waals surface area contributed by atoms with Gasteiger partial charge >= 0.3 is 6.03 Å². The molecule has 158 valence electrons. The van der Waals surface area contributed by atoms with E-state index in [1.807, 2.05) is 12.1 Å². The van der Waals surface area contributed by atoms with Gasteiger partial charge in [0.15, 0.2) is 0 Å². The van der Waals surface area contributed by atoms with Gasteiger partial charge in [-0.1, -0.05) is 18.2 Å². The molecule has 2 fully saturated rings. The van der Waals surface area contributed by atoms with Gasteiger partial charge in [-0.3, -0.25) is 9.69 Å². The molecule has 7 heteroatoms. The SMILES string of the molecule is O=C(NCC1CCCO1)c1cccc(N2CCCN(Cc3cccc(F)c3)C2=O)c1. The number of halogens is 1. The molecule has 4 rings (SSSR count). The molecule has 2 heterocycles. The van der Waals surface area contributed by atoms with Crippen molar-refractivity contribution in [3.63, 3.8) is 0 Å². The Labute approximate surface area is 175 Å². The van der Waals surface area contributed by atoms with Gasteiger partial charge in [0.1, 0.15) is 5.82 Å². The Balaban J connectivity index is 1.43. The lowest BCUT2D eigenvalue weighted by atomic mass is 10.1. The van der Waals surface area contributed by atoms with E-state index in [0.717, 1.165) is 31.4 Å². The molecular weight excluding hydrogens is 385 g/mol. The summed E-state index contributed by atoms with van der Waals surface area (Å²) in [5.74, 6) is -0.482. The number of nitrogens with one attached hydrogen (secondary N) is 1. The molecule has 0 bridgehead atoms. The van der Waals surface area contributed by atoms with Gasteiger partial charge in [-0.05, 0) is 55.2 Å². The van der Waals surface area contributed by atoms with Crippen LogP contribution < -0.4 is 10.2 Å². The topological polar surface area (TPSA) is 61.9 Å². The summed E-state index contributed by atoms with van der Waals surface area (Å²) in [7, 11) is 0. The average Bonchev–Trinajstić information content (AvgIpc) is 3.27. The maximum absolute atomic E-state index is 13.5. The number of hydrogen-bond donors (Lipinski definition) is 1. The number of hydrogen-bond acceptors (Lipinski definition) is 3. The molecule has 1 N–H and O–H groups in total. The van der Waals surface area contributed by atoms with Crippen LogP contribution in [0.5, 0.6) is 0 Å². The van der Waals surface area contributed by atoms with E-state index in [4.69, 9.17) is 4.74 Å². The van der Waals surface area contributed by atoms with Crippen LogP contribution in [0, 0.1) is 5.82 Å². The van der Waals surface area contributed by atoms with Crippen LogP contribution in [0.1, 0.15) is 35.2 Å². The van der Waals surface area contributed by atoms with Crippen molar-refractivity contribution in [3.05, 3.63) is 65.5 Å². The van der Waals surface area contributed by atoms with Crippen molar-refractivity contribution in [2.24, 2.45) is 0 Å². The van der Waals surface area contributed by atoms with Gasteiger partial charge in [0.05, 0.1) is 6.10 Å². The van der Waals surface area contributed by atoms with E-state index in [1.54, 1.807) is 34.1 Å². The van der Waals surface area contributed by atoms with Gasteiger partial charge in [0.2, 0.25) is 0 Å². The molecule has 0 aliphatic carbocycles. The van der Waals surface area contributed by atoms with Crippen molar-refractivity contribution in [2.75, 3.05) is 31.1 Å². The number of rotatable bonds is 6. The molecular formula is C23H26FN3O3. The standard InChI is InChI=1S/C23H26FN3O3/c24-19-7-1-5-17(13-19)16-26-10-4-11-27(23(26)29)20-8-2-6-18(14-20)22(28)25-15-21-9-3-12-30-21/h1-2,5-8,13-14,21H,3-4,9-12,15-16H2,(H,25,28). The predicted octanol–water partition coefficient (Wildman–Crippen LogP) is 3.57. The maximum Gasteiger partial charge on any atom is 0.324 e. The number of nitrogens with zero attached hydrogens (tertiary/aromatic N) is 2. The fourth-order valence-corrected chi connectivity index (χ4v) is 3.95. The van der Waals surface area contributed by atoms with Gasteiger partial charge in [-0.15, -0.1) is 0 Å². The van der Waals surface area contributed by atoms with E-state index in [-0.39, 0.29) is 23.9 Å². The van der Waals surface area contributed by atoms with Crippen molar-refractivity contribution in [3.8, 4) is 0 Å². The Morgan fingerprint density at radius 3 is 2.80 bits per heavy atom. The highest BCUT2D eigenvalue weighted by atomic mass is 19.1. The molecule has 0 radical (unpaired) electrons. The zero-order chi connectivity index (χ0) is 20.9. The summed E-state index contributed by atoms with van der Waals surface area (Å²) in [5.41, 5.74) is 1.96. The molecule has 1 unspecified atom stereocenters. The number of amides is 3. The molecule has 3 amide bonds. The van der Waals surface area contributed by atoms with Gasteiger partial charge in [0, 0.05) is 44.0 Å². The van der Waals surface area contributed by atoms with Crippen LogP contribution in [0.15, 0.2) is 48.5 Å². The number of urea groups is 1. The lowest BCUT2D eigenvalue weighted by Gasteiger charge is -2.35. The minimum Gasteiger partial charge on any atom is -0.376 e. The van der Waals surface area contributed by atoms with E-state index < -0.39 is 0 Å². The van der Waals surface area contributed by atoms with Crippen molar-refractivity contribution < 1.29 is 18.7 Å². The fraction of sp³-hybridized carbons (Fsp3) is 0.391. The Morgan fingerprint density at radius 1 is 1.13 bits per heavy atom. The van der Waals surface area contributed by atoms with Gasteiger partial charge in [-0.2, -0.15) is 0 Å². The third kappa shape index (κ3) is 4.79. The third-order valence-electron chi connectivity index (χ3n) is 5.51. The van der Waals surface area contributed by atoms with E-state index in [1.165, 1.54) is 12.1 Å². The monoisotopic (exact) mass is 411 g/mol. The van der Waals surface area contributed by atoms with Crippen molar-refractivity contribution in [1.82, 2.24) is 10.2 Å². The first-order chi connectivity index (χ1) is 14.6. The number of carbonyl (C=O) groups excluding carboxylic acids is 2. The highest BCUT2D eigenvalue weighted by molar-refractivity contribution is 5.98. The van der Waals surface area contributed by atoms with Crippen LogP contribution in [0.3, 0.4) is 0 Å². The summed E-state index contributed by atoms with van der Waals surface area (Å²) >= 11 is 0. The number of anilines is 1. The summed E-state index contributed by atoms with van der Waals surface area (Å²) in [4.78, 5) is 29.0. The minimum atomic E-state index is -0.310. The molecule has 0 saturated carbocycles. The quantitative estimate of drug-likeness (QED) is 0.791. The largest absolute Gasteiger partial charge is 0.376 e. The predicted molar refractivity (Wildman–Crippen MR) is 112 cm³/mol. The van der Waals surface area contributed by atoms with Crippen LogP contribution in [0.2, 0.25) is 0 Å². The second-order valence-electron chi connectivity index (χ2n) is 7.73. The van der Waals surface area contributed by atoms with E-state index >= 15 is 0 Å². The van der Waals surface area contributed by atoms with E-state index in [9.17, 15) is 14.0 Å². The first-order valence-electron chi connectivity index (χ1n) is 10.4. The first-order valence-corrected chi connectivity index (χ1v) is 10.4. The average molecular weight is 411 g/mol. The lowest BCUT2D eigenvalue weighted by molar-refractivity contribution is 0.0857. The van der Waals surface area contributed by atoms with Gasteiger partial charge in [0.25, 0.3) is 5.91 Å². The number of benzene rings is 2. The summed E-state index contributed by atoms with van der Waals surface area (Å²) in [6, 6.07) is 13.3. The highest BCUT2D eigenvalue weighted by Gasteiger charge is 2.27. The van der Waals surface area contributed by atoms with Crippen LogP contribution in [-0.4, -0.2) is 49.2 Å². The molecule has 2 saturated heterocycles. The molecule has 30 heavy (non-hydrogen) atoms. The molecule has 2 aromatic carbocycles. The Morgan fingerprint density at radius 2 is 2.00 bits per heavy atom. The van der Waals surface area contributed by atoms with Crippen molar-refractivity contribution in [1.29, 1.82) is 0 Å². The molecule has 2 aliphatic heterocycles. The van der Waals surface area contributed by atoms with Crippen molar-refractivity contribution >= 4 is 17.6 Å². The minimum absolute atomic E-state index is 0.0807. The Bertz CT molecular complexity index is 914. The van der Waals surface area contributed by atoms with Crippen LogP contribution in [-0.2, 0) is 11.3 Å². The summed E-state index contributed by atoms with van der Waals surface area (Å²) in [6.07, 6.45) is 2.87. The molecule has 0 aromatic heterocycles. The third-order valence-corrected chi connectivity index (χ3v) is 5.51. The lowest BCUT2D eigenvalue weighted by Crippen LogP contribution is -2.49. The van der Waals surface area contributed by atoms with Crippen LogP contribution in [0.25, 0.3) is 0 Å². The van der Waals surface area contributed by atoms with E-state index in [0.29, 0.717) is 37.4 Å². The zero-order valence-corrected chi connectivity index (χ0v) is 16.9. The zero-order valence-electron chi connectivity index (χ0n) is 16.9. The summed E-state index contributed by atoms with van der Waals surface area (Å²) < 4.78 is 19.0. The second-order valence-corrected chi connectivity index (χ2v) is 7.73. The van der Waals surface area contributed by atoms with Crippen LogP contribution in [0.4, 0.5) is 14.9 Å². The molecule has 2 aliphatic rings. The van der Waals surface area contributed by atoms with Crippen molar-refractivity contribution in [2.45, 2.75) is 31.9 Å². The molecule has 2 aromatic rings. The van der Waals surface area contributed by atoms with Gasteiger partial charge in [-0.25, -0.2) is 9.18 Å². The van der Waals surface area contributed by atoms with E-state index in [2.05, 4.69) is 5.32 Å². The number of carbonyl (C=O) groups is 2. The summed E-state index contributed by atoms with van der Waals surface area (Å²) in [6.45, 7) is 2.80. The van der Waals surface area contributed by atoms with Crippen LogP contribution >= 0.6 is 0 Å². The maximum atomic E-state index is 13.5. The molecule has 1 atom stereocenters. The molecule has 6 nitrogen and oxygen atoms in total. The second kappa shape index (κ2) is 9.26. The Hall–Kier alpha value is -2.93. The highest BCUT2D eigenvalue weighted by Crippen LogP contribution is 2.23. The first kappa shape index (κ1) is 20.3. The summed E-state index contributed by atoms with van der Waals surface area (Å²) in [5, 5.41) is 2.92. The van der Waals surface area contributed by atoms with Gasteiger partial charge < -0.3 is 15.0 Å². The normalized spacial score (nSPS) is 19.2. The Kier molecular flexibility index (Phi) is 6.28. The smallest absolute Gasteiger partial charge is 0.324 e. The number of ether oxygens (including phenoxy) is 1. The fourth-order valence-electron chi connectivity index (χ4n) is 3.95. The molecule has 0 spiro atoms.